The van der Waals surface area contributed by atoms with Crippen LogP contribution in [0.4, 0.5) is 0 Å². The first-order chi connectivity index (χ1) is 19.7. The van der Waals surface area contributed by atoms with Crippen LogP contribution in [0.5, 0.6) is 5.75 Å². The van der Waals surface area contributed by atoms with Gasteiger partial charge in [0.1, 0.15) is 25.1 Å². The van der Waals surface area contributed by atoms with Gasteiger partial charge in [0.15, 0.2) is 0 Å². The van der Waals surface area contributed by atoms with Crippen molar-refractivity contribution in [3.8, 4) is 5.75 Å². The predicted octanol–water partition coefficient (Wildman–Crippen LogP) is 4.12. The van der Waals surface area contributed by atoms with Crippen molar-refractivity contribution >= 4 is 60.0 Å². The van der Waals surface area contributed by atoms with E-state index < -0.39 is 17.9 Å². The molecule has 0 saturated carbocycles. The van der Waals surface area contributed by atoms with Gasteiger partial charge < -0.3 is 29.0 Å². The second-order valence-electron chi connectivity index (χ2n) is 10.3. The lowest BCUT2D eigenvalue weighted by Crippen LogP contribution is -2.48. The number of rotatable bonds is 11. The minimum absolute atomic E-state index is 0. The van der Waals surface area contributed by atoms with Crippen molar-refractivity contribution in [2.45, 2.75) is 26.9 Å². The summed E-state index contributed by atoms with van der Waals surface area (Å²) in [5.74, 6) is -0.948. The van der Waals surface area contributed by atoms with E-state index in [1.807, 2.05) is 13.8 Å². The van der Waals surface area contributed by atoms with Crippen LogP contribution in [0.15, 0.2) is 40.7 Å². The van der Waals surface area contributed by atoms with Crippen LogP contribution in [0.3, 0.4) is 0 Å². The third-order valence-electron chi connectivity index (χ3n) is 7.37. The van der Waals surface area contributed by atoms with Crippen molar-refractivity contribution in [1.29, 1.82) is 0 Å². The van der Waals surface area contributed by atoms with Crippen LogP contribution in [-0.2, 0) is 28.5 Å². The van der Waals surface area contributed by atoms with Crippen molar-refractivity contribution < 1.29 is 33.3 Å². The second kappa shape index (κ2) is 18.3. The van der Waals surface area contributed by atoms with Gasteiger partial charge in [-0.2, -0.15) is 0 Å². The highest BCUT2D eigenvalue weighted by Crippen LogP contribution is 2.31. The molecule has 0 aromatic heterocycles. The monoisotopic (exact) mass is 683 g/mol. The van der Waals surface area contributed by atoms with E-state index in [-0.39, 0.29) is 44.1 Å². The standard InChI is InChI=1S/C29H39Cl2N3O7.2ClH/c1-19-26(28(35)40-15-14-39-22-4-5-24(30)25(31)16-22)20(2)32-21(3)27(19)29(36)41-23(17-33-6-10-37-11-7-33)18-34-8-12-38-13-9-34;;/h4-5,16,19,23,32H,6-15,17-18H2,1-3H3;2*1H. The first-order valence-electron chi connectivity index (χ1n) is 14.0. The lowest BCUT2D eigenvalue weighted by atomic mass is 9.87. The van der Waals surface area contributed by atoms with E-state index >= 15 is 0 Å². The Morgan fingerprint density at radius 2 is 1.42 bits per heavy atom. The zero-order chi connectivity index (χ0) is 29.4. The number of halogens is 4. The summed E-state index contributed by atoms with van der Waals surface area (Å²) >= 11 is 12.0. The fourth-order valence-corrected chi connectivity index (χ4v) is 5.59. The second-order valence-corrected chi connectivity index (χ2v) is 11.2. The smallest absolute Gasteiger partial charge is 0.336 e. The van der Waals surface area contributed by atoms with Crippen LogP contribution in [0.25, 0.3) is 0 Å². The fourth-order valence-electron chi connectivity index (χ4n) is 5.30. The number of morpholine rings is 2. The molecule has 10 nitrogen and oxygen atoms in total. The molecule has 242 valence electrons. The van der Waals surface area contributed by atoms with Gasteiger partial charge in [-0.1, -0.05) is 30.1 Å². The molecule has 14 heteroatoms. The lowest BCUT2D eigenvalue weighted by Gasteiger charge is -2.35. The first-order valence-corrected chi connectivity index (χ1v) is 14.7. The molecule has 1 aromatic rings. The number of dihydropyridines is 1. The SMILES string of the molecule is CC1=C(C(=O)OCCOc2ccc(Cl)c(Cl)c2)C(C)C(C(=O)OC(CN2CCOCC2)CN2CCOCC2)=C(C)N1.Cl.Cl. The molecule has 0 bridgehead atoms. The first kappa shape index (κ1) is 37.4. The van der Waals surface area contributed by atoms with Gasteiger partial charge in [0.25, 0.3) is 0 Å². The summed E-state index contributed by atoms with van der Waals surface area (Å²) < 4.78 is 28.3. The van der Waals surface area contributed by atoms with Crippen LogP contribution in [0, 0.1) is 5.92 Å². The average Bonchev–Trinajstić information content (AvgIpc) is 2.94. The lowest BCUT2D eigenvalue weighted by molar-refractivity contribution is -0.148. The largest absolute Gasteiger partial charge is 0.490 e. The van der Waals surface area contributed by atoms with E-state index in [0.29, 0.717) is 77.9 Å². The highest BCUT2D eigenvalue weighted by atomic mass is 35.5. The maximum Gasteiger partial charge on any atom is 0.336 e. The molecule has 0 aliphatic carbocycles. The Hall–Kier alpha value is -1.76. The van der Waals surface area contributed by atoms with E-state index in [9.17, 15) is 9.59 Å². The van der Waals surface area contributed by atoms with Gasteiger partial charge in [0.05, 0.1) is 47.6 Å². The summed E-state index contributed by atoms with van der Waals surface area (Å²) in [6.45, 7) is 12.7. The number of esters is 2. The molecule has 2 saturated heterocycles. The molecule has 43 heavy (non-hydrogen) atoms. The van der Waals surface area contributed by atoms with Gasteiger partial charge in [0.2, 0.25) is 0 Å². The topological polar surface area (TPSA) is 98.8 Å². The number of ether oxygens (including phenoxy) is 5. The minimum atomic E-state index is -0.517. The van der Waals surface area contributed by atoms with Crippen LogP contribution in [-0.4, -0.2) is 107 Å². The van der Waals surface area contributed by atoms with Gasteiger partial charge in [-0.05, 0) is 26.0 Å². The van der Waals surface area contributed by atoms with Crippen molar-refractivity contribution in [3.63, 3.8) is 0 Å². The van der Waals surface area contributed by atoms with Gasteiger partial charge >= 0.3 is 11.9 Å². The predicted molar refractivity (Wildman–Crippen MR) is 170 cm³/mol. The molecular weight excluding hydrogens is 644 g/mol. The number of carbonyl (C=O) groups is 2. The Morgan fingerprint density at radius 3 is 1.95 bits per heavy atom. The molecule has 1 unspecified atom stereocenters. The molecule has 1 atom stereocenters. The summed E-state index contributed by atoms with van der Waals surface area (Å²) in [7, 11) is 0. The maximum absolute atomic E-state index is 13.6. The third-order valence-corrected chi connectivity index (χ3v) is 8.11. The van der Waals surface area contributed by atoms with E-state index in [4.69, 9.17) is 46.9 Å². The van der Waals surface area contributed by atoms with Crippen LogP contribution < -0.4 is 10.1 Å². The van der Waals surface area contributed by atoms with Crippen LogP contribution in [0.1, 0.15) is 20.8 Å². The number of hydrogen-bond donors (Lipinski definition) is 1. The Balaban J connectivity index is 0.00000323. The number of nitrogens with zero attached hydrogens (tertiary/aromatic N) is 2. The maximum atomic E-state index is 13.6. The normalized spacial score (nSPS) is 19.7. The molecule has 0 amide bonds. The Labute approximate surface area is 275 Å². The molecule has 1 aromatic carbocycles. The Morgan fingerprint density at radius 1 is 0.884 bits per heavy atom. The Kier molecular flexibility index (Phi) is 15.9. The summed E-state index contributed by atoms with van der Waals surface area (Å²) in [5, 5.41) is 3.99. The molecule has 1 N–H and O–H groups in total. The average molecular weight is 685 g/mol. The fraction of sp³-hybridized carbons (Fsp3) is 0.586. The molecule has 3 aliphatic heterocycles. The Bertz CT molecular complexity index is 1130. The number of carbonyl (C=O) groups excluding carboxylic acids is 2. The summed E-state index contributed by atoms with van der Waals surface area (Å²) in [6.07, 6.45) is -0.341. The van der Waals surface area contributed by atoms with Gasteiger partial charge in [0, 0.05) is 62.6 Å². The number of nitrogens with one attached hydrogen (secondary N) is 1. The molecule has 4 rings (SSSR count). The molecule has 2 fully saturated rings. The van der Waals surface area contributed by atoms with Crippen molar-refractivity contribution in [1.82, 2.24) is 15.1 Å². The van der Waals surface area contributed by atoms with E-state index in [1.54, 1.807) is 25.1 Å². The molecule has 0 radical (unpaired) electrons. The van der Waals surface area contributed by atoms with Crippen LogP contribution in [0.2, 0.25) is 10.0 Å². The van der Waals surface area contributed by atoms with Crippen molar-refractivity contribution in [2.24, 2.45) is 5.92 Å². The minimum Gasteiger partial charge on any atom is -0.490 e. The highest BCUT2D eigenvalue weighted by Gasteiger charge is 2.35. The van der Waals surface area contributed by atoms with Gasteiger partial charge in [-0.15, -0.1) is 24.8 Å². The molecule has 0 spiro atoms. The highest BCUT2D eigenvalue weighted by molar-refractivity contribution is 6.42. The van der Waals surface area contributed by atoms with Gasteiger partial charge in [-0.3, -0.25) is 9.80 Å². The zero-order valence-electron chi connectivity index (χ0n) is 24.7. The van der Waals surface area contributed by atoms with Crippen LogP contribution >= 0.6 is 48.0 Å². The number of allylic oxidation sites excluding steroid dienone is 2. The molecule has 3 heterocycles. The van der Waals surface area contributed by atoms with E-state index in [1.165, 1.54) is 0 Å². The molecule has 3 aliphatic rings. The summed E-state index contributed by atoms with van der Waals surface area (Å²) in [5.41, 5.74) is 2.11. The molecular formula is C29H41Cl4N3O7. The van der Waals surface area contributed by atoms with E-state index in [2.05, 4.69) is 15.1 Å². The number of benzene rings is 1. The van der Waals surface area contributed by atoms with Crippen molar-refractivity contribution in [2.75, 3.05) is 78.9 Å². The number of hydrogen-bond acceptors (Lipinski definition) is 10. The third kappa shape index (κ3) is 10.7. The summed E-state index contributed by atoms with van der Waals surface area (Å²) in [6, 6.07) is 4.92. The van der Waals surface area contributed by atoms with Gasteiger partial charge in [-0.25, -0.2) is 9.59 Å². The summed E-state index contributed by atoms with van der Waals surface area (Å²) in [4.78, 5) is 31.3. The quantitative estimate of drug-likeness (QED) is 0.271. The zero-order valence-corrected chi connectivity index (χ0v) is 27.8. The van der Waals surface area contributed by atoms with Crippen molar-refractivity contribution in [3.05, 3.63) is 50.8 Å². The van der Waals surface area contributed by atoms with E-state index in [0.717, 1.165) is 26.2 Å².